The van der Waals surface area contributed by atoms with Crippen LogP contribution >= 0.6 is 0 Å². The van der Waals surface area contributed by atoms with Gasteiger partial charge in [-0.25, -0.2) is 4.39 Å². The van der Waals surface area contributed by atoms with E-state index in [0.717, 1.165) is 5.56 Å². The number of carbonyl (C=O) groups excluding carboxylic acids is 1. The topological polar surface area (TPSA) is 46.5 Å². The van der Waals surface area contributed by atoms with Crippen LogP contribution in [0.4, 0.5) is 17.6 Å². The second-order valence-electron chi connectivity index (χ2n) is 5.49. The Morgan fingerprint density at radius 1 is 1.21 bits per heavy atom. The number of benzene rings is 2. The van der Waals surface area contributed by atoms with Crippen LogP contribution < -0.4 is 5.46 Å². The molecule has 2 aromatic carbocycles. The third-order valence-electron chi connectivity index (χ3n) is 3.83. The molecule has 0 bridgehead atoms. The molecule has 0 spiro atoms. The van der Waals surface area contributed by atoms with E-state index in [2.05, 4.69) is 0 Å². The van der Waals surface area contributed by atoms with Crippen molar-refractivity contribution in [2.75, 3.05) is 0 Å². The van der Waals surface area contributed by atoms with Crippen molar-refractivity contribution in [3.63, 3.8) is 0 Å². The van der Waals surface area contributed by atoms with E-state index in [-0.39, 0.29) is 13.0 Å². The number of Topliss-reactive ketones (excluding diaryl/α,β-unsaturated/α-hetero) is 1. The molecule has 0 unspecified atom stereocenters. The number of carbonyl (C=O) groups is 1. The zero-order valence-corrected chi connectivity index (χ0v) is 12.2. The summed E-state index contributed by atoms with van der Waals surface area (Å²) in [6.07, 6.45) is -4.93. The molecule has 3 rings (SSSR count). The molecule has 0 aliphatic carbocycles. The van der Waals surface area contributed by atoms with Crippen LogP contribution in [0, 0.1) is 5.82 Å². The van der Waals surface area contributed by atoms with Gasteiger partial charge in [0.25, 0.3) is 0 Å². The summed E-state index contributed by atoms with van der Waals surface area (Å²) >= 11 is 0. The molecule has 0 radical (unpaired) electrons. The van der Waals surface area contributed by atoms with E-state index in [0.29, 0.717) is 29.2 Å². The van der Waals surface area contributed by atoms with Gasteiger partial charge in [0.05, 0.1) is 17.7 Å². The summed E-state index contributed by atoms with van der Waals surface area (Å²) in [6.45, 7) is 0.243. The molecule has 1 heterocycles. The Balaban J connectivity index is 1.87. The van der Waals surface area contributed by atoms with Gasteiger partial charge in [-0.15, -0.1) is 0 Å². The standard InChI is InChI=1S/C16H11BF4O3/c18-14-4-3-11(16(19,20)21)7-12(14)15(22)6-9-1-2-10-8-24-17(23)13(10)5-9/h1-5,7,23H,6,8H2. The molecule has 2 aromatic rings. The van der Waals surface area contributed by atoms with Gasteiger partial charge in [-0.2, -0.15) is 13.2 Å². The third-order valence-corrected chi connectivity index (χ3v) is 3.83. The van der Waals surface area contributed by atoms with Crippen molar-refractivity contribution in [3.8, 4) is 0 Å². The summed E-state index contributed by atoms with van der Waals surface area (Å²) in [7, 11) is -1.10. The first-order chi connectivity index (χ1) is 11.3. The van der Waals surface area contributed by atoms with E-state index in [9.17, 15) is 27.4 Å². The Hall–Kier alpha value is -2.19. The Morgan fingerprint density at radius 2 is 1.96 bits per heavy atom. The van der Waals surface area contributed by atoms with Crippen LogP contribution in [0.25, 0.3) is 0 Å². The first kappa shape index (κ1) is 16.7. The van der Waals surface area contributed by atoms with Crippen molar-refractivity contribution >= 4 is 18.4 Å². The van der Waals surface area contributed by atoms with E-state index in [1.807, 2.05) is 0 Å². The second-order valence-corrected chi connectivity index (χ2v) is 5.49. The van der Waals surface area contributed by atoms with Crippen molar-refractivity contribution < 1.29 is 32.0 Å². The Morgan fingerprint density at radius 3 is 2.67 bits per heavy atom. The molecule has 0 fully saturated rings. The number of halogens is 4. The molecular weight excluding hydrogens is 327 g/mol. The molecular formula is C16H11BF4O3. The average Bonchev–Trinajstić information content (AvgIpc) is 2.87. The highest BCUT2D eigenvalue weighted by molar-refractivity contribution is 6.61. The highest BCUT2D eigenvalue weighted by Crippen LogP contribution is 2.30. The summed E-state index contributed by atoms with van der Waals surface area (Å²) in [5.41, 5.74) is 0.0426. The van der Waals surface area contributed by atoms with E-state index in [1.54, 1.807) is 12.1 Å². The molecule has 0 aromatic heterocycles. The number of fused-ring (bicyclic) bond motifs is 1. The van der Waals surface area contributed by atoms with Crippen LogP contribution in [-0.2, 0) is 23.9 Å². The van der Waals surface area contributed by atoms with Gasteiger partial charge in [0.15, 0.2) is 5.78 Å². The number of hydrogen-bond acceptors (Lipinski definition) is 3. The van der Waals surface area contributed by atoms with Crippen LogP contribution in [0.1, 0.15) is 27.0 Å². The molecule has 24 heavy (non-hydrogen) atoms. The van der Waals surface area contributed by atoms with Crippen molar-refractivity contribution in [2.24, 2.45) is 0 Å². The predicted molar refractivity (Wildman–Crippen MR) is 78.3 cm³/mol. The minimum atomic E-state index is -4.66. The van der Waals surface area contributed by atoms with Gasteiger partial charge in [0.1, 0.15) is 5.82 Å². The Labute approximate surface area is 135 Å². The zero-order valence-electron chi connectivity index (χ0n) is 12.2. The highest BCUT2D eigenvalue weighted by Gasteiger charge is 2.32. The number of rotatable bonds is 3. The average molecular weight is 338 g/mol. The summed E-state index contributed by atoms with van der Waals surface area (Å²) in [5, 5.41) is 9.63. The van der Waals surface area contributed by atoms with Crippen LogP contribution in [0.2, 0.25) is 0 Å². The molecule has 124 valence electrons. The monoisotopic (exact) mass is 338 g/mol. The van der Waals surface area contributed by atoms with Gasteiger partial charge in [0, 0.05) is 6.42 Å². The van der Waals surface area contributed by atoms with Crippen LogP contribution in [0.5, 0.6) is 0 Å². The van der Waals surface area contributed by atoms with Crippen molar-refractivity contribution in [3.05, 3.63) is 64.5 Å². The molecule has 0 atom stereocenters. The predicted octanol–water partition coefficient (Wildman–Crippen LogP) is 2.49. The molecule has 0 amide bonds. The quantitative estimate of drug-likeness (QED) is 0.531. The van der Waals surface area contributed by atoms with Crippen LogP contribution in [0.15, 0.2) is 36.4 Å². The van der Waals surface area contributed by atoms with Gasteiger partial charge in [-0.1, -0.05) is 18.2 Å². The molecule has 3 nitrogen and oxygen atoms in total. The van der Waals surface area contributed by atoms with E-state index >= 15 is 0 Å². The van der Waals surface area contributed by atoms with Gasteiger partial charge in [-0.05, 0) is 34.8 Å². The first-order valence-corrected chi connectivity index (χ1v) is 7.07. The van der Waals surface area contributed by atoms with E-state index in [1.165, 1.54) is 6.07 Å². The third kappa shape index (κ3) is 3.20. The van der Waals surface area contributed by atoms with Crippen molar-refractivity contribution in [2.45, 2.75) is 19.2 Å². The summed E-state index contributed by atoms with van der Waals surface area (Å²) in [4.78, 5) is 12.2. The highest BCUT2D eigenvalue weighted by atomic mass is 19.4. The minimum Gasteiger partial charge on any atom is -0.423 e. The van der Waals surface area contributed by atoms with Crippen molar-refractivity contribution in [1.29, 1.82) is 0 Å². The van der Waals surface area contributed by atoms with Gasteiger partial charge >= 0.3 is 13.3 Å². The van der Waals surface area contributed by atoms with E-state index < -0.39 is 36.0 Å². The first-order valence-electron chi connectivity index (χ1n) is 7.07. The maximum atomic E-state index is 13.7. The summed E-state index contributed by atoms with van der Waals surface area (Å²) < 4.78 is 56.9. The van der Waals surface area contributed by atoms with E-state index in [4.69, 9.17) is 4.65 Å². The smallest absolute Gasteiger partial charge is 0.423 e. The molecule has 0 saturated heterocycles. The van der Waals surface area contributed by atoms with Crippen LogP contribution in [0.3, 0.4) is 0 Å². The second kappa shape index (κ2) is 6.03. The lowest BCUT2D eigenvalue weighted by Gasteiger charge is -2.10. The normalized spacial score (nSPS) is 14.0. The molecule has 1 aliphatic heterocycles. The fraction of sp³-hybridized carbons (Fsp3) is 0.188. The zero-order chi connectivity index (χ0) is 17.5. The molecule has 1 N–H and O–H groups in total. The van der Waals surface area contributed by atoms with Gasteiger partial charge in [0.2, 0.25) is 0 Å². The summed E-state index contributed by atoms with van der Waals surface area (Å²) in [6, 6.07) is 6.55. The lowest BCUT2D eigenvalue weighted by molar-refractivity contribution is -0.137. The van der Waals surface area contributed by atoms with Gasteiger partial charge < -0.3 is 9.68 Å². The lowest BCUT2D eigenvalue weighted by Crippen LogP contribution is -2.28. The number of ketones is 1. The minimum absolute atomic E-state index is 0.243. The fourth-order valence-electron chi connectivity index (χ4n) is 2.57. The maximum Gasteiger partial charge on any atom is 0.491 e. The fourth-order valence-corrected chi connectivity index (χ4v) is 2.57. The number of alkyl halides is 3. The van der Waals surface area contributed by atoms with Crippen molar-refractivity contribution in [1.82, 2.24) is 0 Å². The maximum absolute atomic E-state index is 13.7. The number of hydrogen-bond donors (Lipinski definition) is 1. The van der Waals surface area contributed by atoms with Crippen LogP contribution in [-0.4, -0.2) is 17.9 Å². The summed E-state index contributed by atoms with van der Waals surface area (Å²) in [5.74, 6) is -1.77. The Kier molecular flexibility index (Phi) is 4.19. The lowest BCUT2D eigenvalue weighted by atomic mass is 9.78. The SMILES string of the molecule is O=C(Cc1ccc2c(c1)B(O)OC2)c1cc(C(F)(F)F)ccc1F. The van der Waals surface area contributed by atoms with Gasteiger partial charge in [-0.3, -0.25) is 4.79 Å². The molecule has 1 aliphatic rings. The molecule has 0 saturated carbocycles. The Bertz CT molecular complexity index is 804. The largest absolute Gasteiger partial charge is 0.491 e. The molecule has 8 heteroatoms.